The summed E-state index contributed by atoms with van der Waals surface area (Å²) in [7, 11) is 0. The summed E-state index contributed by atoms with van der Waals surface area (Å²) < 4.78 is 0. The predicted octanol–water partition coefficient (Wildman–Crippen LogP) is 0.147. The van der Waals surface area contributed by atoms with Gasteiger partial charge in [0.2, 0.25) is 0 Å². The van der Waals surface area contributed by atoms with E-state index in [4.69, 9.17) is 24.4 Å². The molecule has 4 nitrogen and oxygen atoms in total. The van der Waals surface area contributed by atoms with Crippen LogP contribution in [-0.2, 0) is 0 Å². The van der Waals surface area contributed by atoms with Gasteiger partial charge in [0, 0.05) is 39.3 Å². The SMILES string of the molecule is S=C(NCCCCNC(=S)N1CC1)N1CC1. The molecule has 0 aliphatic carbocycles. The highest BCUT2D eigenvalue weighted by molar-refractivity contribution is 7.80. The maximum atomic E-state index is 5.17. The summed E-state index contributed by atoms with van der Waals surface area (Å²) in [5.41, 5.74) is 0. The summed E-state index contributed by atoms with van der Waals surface area (Å²) in [6.07, 6.45) is 2.26. The summed E-state index contributed by atoms with van der Waals surface area (Å²) >= 11 is 10.3. The minimum absolute atomic E-state index is 0.910. The average Bonchev–Trinajstić information content (AvgIpc) is 3.15. The minimum Gasteiger partial charge on any atom is -0.363 e. The Morgan fingerprint density at radius 2 is 1.19 bits per heavy atom. The molecule has 6 heteroatoms. The number of nitrogens with one attached hydrogen (secondary N) is 2. The van der Waals surface area contributed by atoms with Crippen LogP contribution in [0, 0.1) is 0 Å². The van der Waals surface area contributed by atoms with Crippen LogP contribution in [0.3, 0.4) is 0 Å². The third-order valence-corrected chi connectivity index (χ3v) is 3.43. The fraction of sp³-hybridized carbons (Fsp3) is 0.800. The minimum atomic E-state index is 0.910. The lowest BCUT2D eigenvalue weighted by Crippen LogP contribution is -2.31. The Morgan fingerprint density at radius 1 is 0.812 bits per heavy atom. The Hall–Kier alpha value is -0.620. The second kappa shape index (κ2) is 5.63. The van der Waals surface area contributed by atoms with Crippen molar-refractivity contribution in [1.82, 2.24) is 20.4 Å². The van der Waals surface area contributed by atoms with Gasteiger partial charge in [0.15, 0.2) is 10.2 Å². The Labute approximate surface area is 107 Å². The van der Waals surface area contributed by atoms with Gasteiger partial charge in [-0.25, -0.2) is 0 Å². The predicted molar refractivity (Wildman–Crippen MR) is 73.6 cm³/mol. The van der Waals surface area contributed by atoms with E-state index in [2.05, 4.69) is 20.4 Å². The van der Waals surface area contributed by atoms with E-state index in [1.807, 2.05) is 0 Å². The van der Waals surface area contributed by atoms with E-state index in [9.17, 15) is 0 Å². The first-order valence-corrected chi connectivity index (χ1v) is 6.64. The van der Waals surface area contributed by atoms with E-state index in [1.54, 1.807) is 0 Å². The van der Waals surface area contributed by atoms with Crippen LogP contribution in [0.5, 0.6) is 0 Å². The third kappa shape index (κ3) is 4.09. The van der Waals surface area contributed by atoms with Crippen molar-refractivity contribution in [1.29, 1.82) is 0 Å². The lowest BCUT2D eigenvalue weighted by atomic mass is 10.3. The van der Waals surface area contributed by atoms with Crippen LogP contribution >= 0.6 is 24.4 Å². The molecule has 2 rings (SSSR count). The topological polar surface area (TPSA) is 30.1 Å². The van der Waals surface area contributed by atoms with Gasteiger partial charge < -0.3 is 20.4 Å². The molecule has 0 radical (unpaired) electrons. The van der Waals surface area contributed by atoms with E-state index in [0.29, 0.717) is 0 Å². The molecule has 2 aliphatic rings. The Morgan fingerprint density at radius 3 is 1.50 bits per heavy atom. The fourth-order valence-electron chi connectivity index (χ4n) is 1.37. The van der Waals surface area contributed by atoms with Gasteiger partial charge >= 0.3 is 0 Å². The van der Waals surface area contributed by atoms with Gasteiger partial charge in [-0.15, -0.1) is 0 Å². The molecule has 0 atom stereocenters. The number of thiocarbonyl (C=S) groups is 2. The van der Waals surface area contributed by atoms with Crippen molar-refractivity contribution >= 4 is 34.7 Å². The van der Waals surface area contributed by atoms with E-state index in [0.717, 1.165) is 62.3 Å². The van der Waals surface area contributed by atoms with E-state index < -0.39 is 0 Å². The Kier molecular flexibility index (Phi) is 4.17. The lowest BCUT2D eigenvalue weighted by Gasteiger charge is -2.10. The second-order valence-electron chi connectivity index (χ2n) is 4.15. The maximum Gasteiger partial charge on any atom is 0.169 e. The van der Waals surface area contributed by atoms with Crippen LogP contribution in [0.1, 0.15) is 12.8 Å². The largest absolute Gasteiger partial charge is 0.363 e. The van der Waals surface area contributed by atoms with Crippen molar-refractivity contribution < 1.29 is 0 Å². The van der Waals surface area contributed by atoms with Gasteiger partial charge in [-0.3, -0.25) is 0 Å². The molecule has 16 heavy (non-hydrogen) atoms. The first-order chi connectivity index (χ1) is 7.77. The van der Waals surface area contributed by atoms with Gasteiger partial charge in [0.25, 0.3) is 0 Å². The Balaban J connectivity index is 1.39. The maximum absolute atomic E-state index is 5.17. The molecular weight excluding hydrogens is 240 g/mol. The molecule has 2 aliphatic heterocycles. The van der Waals surface area contributed by atoms with Gasteiger partial charge in [-0.05, 0) is 37.3 Å². The highest BCUT2D eigenvalue weighted by Crippen LogP contribution is 2.04. The van der Waals surface area contributed by atoms with Gasteiger partial charge in [0.1, 0.15) is 0 Å². The van der Waals surface area contributed by atoms with E-state index in [1.165, 1.54) is 0 Å². The summed E-state index contributed by atoms with van der Waals surface area (Å²) in [4.78, 5) is 4.31. The van der Waals surface area contributed by atoms with Gasteiger partial charge in [0.05, 0.1) is 0 Å². The molecule has 0 bridgehead atoms. The molecule has 0 spiro atoms. The number of hydrogen-bond acceptors (Lipinski definition) is 2. The summed E-state index contributed by atoms with van der Waals surface area (Å²) in [5, 5.41) is 8.33. The first kappa shape index (κ1) is 11.9. The molecule has 2 fully saturated rings. The van der Waals surface area contributed by atoms with Crippen LogP contribution in [0.25, 0.3) is 0 Å². The van der Waals surface area contributed by atoms with Crippen molar-refractivity contribution in [3.8, 4) is 0 Å². The molecule has 0 aromatic carbocycles. The van der Waals surface area contributed by atoms with Gasteiger partial charge in [-0.2, -0.15) is 0 Å². The fourth-order valence-corrected chi connectivity index (χ4v) is 1.94. The van der Waals surface area contributed by atoms with Crippen molar-refractivity contribution in [2.45, 2.75) is 12.8 Å². The molecule has 0 amide bonds. The van der Waals surface area contributed by atoms with Gasteiger partial charge in [-0.1, -0.05) is 0 Å². The normalized spacial score (nSPS) is 17.0. The monoisotopic (exact) mass is 258 g/mol. The summed E-state index contributed by atoms with van der Waals surface area (Å²) in [6.45, 7) is 6.42. The van der Waals surface area contributed by atoms with Crippen molar-refractivity contribution in [3.05, 3.63) is 0 Å². The van der Waals surface area contributed by atoms with Crippen LogP contribution in [0.15, 0.2) is 0 Å². The molecule has 2 saturated heterocycles. The smallest absolute Gasteiger partial charge is 0.169 e. The number of hydrogen-bond donors (Lipinski definition) is 2. The molecule has 0 unspecified atom stereocenters. The molecule has 90 valence electrons. The average molecular weight is 258 g/mol. The Bertz CT molecular complexity index is 246. The molecule has 0 aromatic heterocycles. The van der Waals surface area contributed by atoms with Crippen LogP contribution < -0.4 is 10.6 Å². The quantitative estimate of drug-likeness (QED) is 0.415. The zero-order valence-electron chi connectivity index (χ0n) is 9.37. The molecule has 2 heterocycles. The highest BCUT2D eigenvalue weighted by Gasteiger charge is 2.20. The standard InChI is InChI=1S/C10H18N4S2/c15-9(13-5-6-13)11-3-1-2-4-12-10(16)14-7-8-14/h1-8H2,(H,11,15)(H,12,16). The second-order valence-corrected chi connectivity index (χ2v) is 4.92. The molecular formula is C10H18N4S2. The van der Waals surface area contributed by atoms with Crippen LogP contribution in [0.4, 0.5) is 0 Å². The number of nitrogens with zero attached hydrogens (tertiary/aromatic N) is 2. The molecule has 2 N–H and O–H groups in total. The first-order valence-electron chi connectivity index (χ1n) is 5.83. The van der Waals surface area contributed by atoms with Crippen LogP contribution in [0.2, 0.25) is 0 Å². The zero-order chi connectivity index (χ0) is 11.4. The zero-order valence-corrected chi connectivity index (χ0v) is 11.0. The highest BCUT2D eigenvalue weighted by atomic mass is 32.1. The number of rotatable bonds is 5. The third-order valence-electron chi connectivity index (χ3n) is 2.62. The number of unbranched alkanes of at least 4 members (excludes halogenated alkanes) is 1. The van der Waals surface area contributed by atoms with Crippen molar-refractivity contribution in [2.24, 2.45) is 0 Å². The summed E-state index contributed by atoms with van der Waals surface area (Å²) in [5.74, 6) is 0. The van der Waals surface area contributed by atoms with Crippen LogP contribution in [-0.4, -0.2) is 59.3 Å². The summed E-state index contributed by atoms with van der Waals surface area (Å²) in [6, 6.07) is 0. The van der Waals surface area contributed by atoms with E-state index >= 15 is 0 Å². The molecule has 0 saturated carbocycles. The van der Waals surface area contributed by atoms with Crippen molar-refractivity contribution in [2.75, 3.05) is 39.3 Å². The van der Waals surface area contributed by atoms with E-state index in [-0.39, 0.29) is 0 Å². The van der Waals surface area contributed by atoms with Crippen molar-refractivity contribution in [3.63, 3.8) is 0 Å². The molecule has 0 aromatic rings. The lowest BCUT2D eigenvalue weighted by molar-refractivity contribution is 0.659.